The van der Waals surface area contributed by atoms with Crippen molar-refractivity contribution in [1.82, 2.24) is 19.7 Å². The lowest BCUT2D eigenvalue weighted by molar-refractivity contribution is -0.147. The molecule has 0 aliphatic carbocycles. The molecule has 1 aliphatic heterocycles. The van der Waals surface area contributed by atoms with Gasteiger partial charge in [-0.2, -0.15) is 5.10 Å². The summed E-state index contributed by atoms with van der Waals surface area (Å²) in [5.74, 6) is -0.976. The fourth-order valence-electron chi connectivity index (χ4n) is 2.23. The lowest BCUT2D eigenvalue weighted by atomic mass is 10.1. The van der Waals surface area contributed by atoms with E-state index in [1.165, 1.54) is 17.3 Å². The minimum Gasteiger partial charge on any atom is -0.480 e. The second-order valence-corrected chi connectivity index (χ2v) is 4.78. The molecule has 20 heavy (non-hydrogen) atoms. The van der Waals surface area contributed by atoms with Crippen LogP contribution in [-0.4, -0.2) is 62.4 Å². The number of hydrogen-bond donors (Lipinski definition) is 1. The van der Waals surface area contributed by atoms with E-state index < -0.39 is 5.97 Å². The second-order valence-electron chi connectivity index (χ2n) is 4.78. The number of carboxylic acids is 1. The first-order valence-electron chi connectivity index (χ1n) is 6.54. The van der Waals surface area contributed by atoms with Crippen molar-refractivity contribution in [2.75, 3.05) is 19.7 Å². The van der Waals surface area contributed by atoms with Crippen molar-refractivity contribution in [1.29, 1.82) is 0 Å². The zero-order valence-electron chi connectivity index (χ0n) is 11.3. The van der Waals surface area contributed by atoms with Crippen LogP contribution in [0.3, 0.4) is 0 Å². The van der Waals surface area contributed by atoms with Crippen LogP contribution in [0.1, 0.15) is 25.8 Å². The molecule has 0 radical (unpaired) electrons. The standard InChI is InChI=1S/C12H18N4O4/c1-9(16-8-13-7-14-16)12(19)15-4-2-10(3-5-15)20-6-11(17)18/h7-10H,2-6H2,1H3,(H,17,18). The third-order valence-electron chi connectivity index (χ3n) is 3.39. The normalized spacial score (nSPS) is 17.9. The first-order chi connectivity index (χ1) is 9.58. The van der Waals surface area contributed by atoms with Gasteiger partial charge in [0.1, 0.15) is 25.3 Å². The van der Waals surface area contributed by atoms with Crippen LogP contribution in [0.2, 0.25) is 0 Å². The maximum Gasteiger partial charge on any atom is 0.329 e. The quantitative estimate of drug-likeness (QED) is 0.812. The monoisotopic (exact) mass is 282 g/mol. The highest BCUT2D eigenvalue weighted by Gasteiger charge is 2.27. The Labute approximate surface area is 116 Å². The number of aliphatic carboxylic acids is 1. The van der Waals surface area contributed by atoms with Crippen LogP contribution >= 0.6 is 0 Å². The Hall–Kier alpha value is -1.96. The summed E-state index contributed by atoms with van der Waals surface area (Å²) in [6.45, 7) is 2.64. The van der Waals surface area contributed by atoms with Crippen molar-refractivity contribution >= 4 is 11.9 Å². The Morgan fingerprint density at radius 2 is 2.15 bits per heavy atom. The number of carbonyl (C=O) groups is 2. The van der Waals surface area contributed by atoms with Gasteiger partial charge in [-0.25, -0.2) is 14.5 Å². The number of ether oxygens (including phenoxy) is 1. The number of rotatable bonds is 5. The van der Waals surface area contributed by atoms with E-state index in [1.54, 1.807) is 11.8 Å². The molecule has 1 fully saturated rings. The highest BCUT2D eigenvalue weighted by atomic mass is 16.5. The fourth-order valence-corrected chi connectivity index (χ4v) is 2.23. The summed E-state index contributed by atoms with van der Waals surface area (Å²) in [5, 5.41) is 12.5. The Balaban J connectivity index is 1.81. The molecule has 1 aliphatic rings. The predicted octanol–water partition coefficient (Wildman–Crippen LogP) is -0.0687. The lowest BCUT2D eigenvalue weighted by Gasteiger charge is -2.33. The van der Waals surface area contributed by atoms with Gasteiger partial charge in [-0.05, 0) is 19.8 Å². The molecule has 1 saturated heterocycles. The van der Waals surface area contributed by atoms with Crippen molar-refractivity contribution < 1.29 is 19.4 Å². The SMILES string of the molecule is CC(C(=O)N1CCC(OCC(=O)O)CC1)n1cncn1. The minimum absolute atomic E-state index is 0.00724. The molecule has 0 spiro atoms. The average molecular weight is 282 g/mol. The summed E-state index contributed by atoms with van der Waals surface area (Å²) in [6, 6.07) is -0.381. The summed E-state index contributed by atoms with van der Waals surface area (Å²) < 4.78 is 6.76. The maximum absolute atomic E-state index is 12.3. The van der Waals surface area contributed by atoms with Gasteiger partial charge in [-0.3, -0.25) is 4.79 Å². The molecule has 0 bridgehead atoms. The molecule has 1 N–H and O–H groups in total. The van der Waals surface area contributed by atoms with E-state index in [0.29, 0.717) is 25.9 Å². The topological polar surface area (TPSA) is 97.6 Å². The van der Waals surface area contributed by atoms with E-state index in [-0.39, 0.29) is 24.7 Å². The third-order valence-corrected chi connectivity index (χ3v) is 3.39. The van der Waals surface area contributed by atoms with Crippen LogP contribution in [0.25, 0.3) is 0 Å². The van der Waals surface area contributed by atoms with Gasteiger partial charge in [-0.15, -0.1) is 0 Å². The zero-order valence-corrected chi connectivity index (χ0v) is 11.3. The molecule has 8 heteroatoms. The number of carbonyl (C=O) groups excluding carboxylic acids is 1. The van der Waals surface area contributed by atoms with Crippen molar-refractivity contribution in [3.8, 4) is 0 Å². The van der Waals surface area contributed by atoms with E-state index in [0.717, 1.165) is 0 Å². The second kappa shape index (κ2) is 6.47. The van der Waals surface area contributed by atoms with Crippen molar-refractivity contribution in [3.05, 3.63) is 12.7 Å². The number of carboxylic acid groups (broad SMARTS) is 1. The van der Waals surface area contributed by atoms with Crippen LogP contribution in [0, 0.1) is 0 Å². The van der Waals surface area contributed by atoms with Crippen molar-refractivity contribution in [2.24, 2.45) is 0 Å². The van der Waals surface area contributed by atoms with Crippen LogP contribution in [0.15, 0.2) is 12.7 Å². The number of amides is 1. The van der Waals surface area contributed by atoms with Gasteiger partial charge in [0.25, 0.3) is 0 Å². The maximum atomic E-state index is 12.3. The molecule has 1 unspecified atom stereocenters. The minimum atomic E-state index is -0.969. The molecule has 1 amide bonds. The molecule has 2 heterocycles. The summed E-state index contributed by atoms with van der Waals surface area (Å²) in [7, 11) is 0. The van der Waals surface area contributed by atoms with Gasteiger partial charge >= 0.3 is 5.97 Å². The summed E-state index contributed by atoms with van der Waals surface area (Å²) in [6.07, 6.45) is 4.14. The number of piperidine rings is 1. The Bertz CT molecular complexity index is 454. The molecule has 1 aromatic heterocycles. The van der Waals surface area contributed by atoms with Gasteiger partial charge in [0.05, 0.1) is 6.10 Å². The number of aromatic nitrogens is 3. The molecule has 1 aromatic rings. The lowest BCUT2D eigenvalue weighted by Crippen LogP contribution is -2.44. The molecular formula is C12H18N4O4. The van der Waals surface area contributed by atoms with Gasteiger partial charge in [0.15, 0.2) is 0 Å². The molecule has 1 atom stereocenters. The van der Waals surface area contributed by atoms with Gasteiger partial charge in [-0.1, -0.05) is 0 Å². The molecule has 0 saturated carbocycles. The van der Waals surface area contributed by atoms with Crippen LogP contribution in [-0.2, 0) is 14.3 Å². The number of likely N-dealkylation sites (tertiary alicyclic amines) is 1. The van der Waals surface area contributed by atoms with Gasteiger partial charge in [0, 0.05) is 13.1 Å². The Morgan fingerprint density at radius 1 is 1.45 bits per heavy atom. The van der Waals surface area contributed by atoms with E-state index in [4.69, 9.17) is 9.84 Å². The molecule has 0 aromatic carbocycles. The predicted molar refractivity (Wildman–Crippen MR) is 67.9 cm³/mol. The van der Waals surface area contributed by atoms with Crippen LogP contribution < -0.4 is 0 Å². The van der Waals surface area contributed by atoms with Crippen LogP contribution in [0.4, 0.5) is 0 Å². The van der Waals surface area contributed by atoms with Gasteiger partial charge in [0.2, 0.25) is 5.91 Å². The summed E-state index contributed by atoms with van der Waals surface area (Å²) >= 11 is 0. The zero-order chi connectivity index (χ0) is 14.5. The van der Waals surface area contributed by atoms with E-state index in [1.807, 2.05) is 0 Å². The smallest absolute Gasteiger partial charge is 0.329 e. The highest BCUT2D eigenvalue weighted by Crippen LogP contribution is 2.17. The number of hydrogen-bond acceptors (Lipinski definition) is 5. The first kappa shape index (κ1) is 14.4. The van der Waals surface area contributed by atoms with E-state index >= 15 is 0 Å². The molecule has 110 valence electrons. The molecule has 8 nitrogen and oxygen atoms in total. The first-order valence-corrected chi connectivity index (χ1v) is 6.54. The Morgan fingerprint density at radius 3 is 2.70 bits per heavy atom. The van der Waals surface area contributed by atoms with Gasteiger partial charge < -0.3 is 14.7 Å². The van der Waals surface area contributed by atoms with Crippen molar-refractivity contribution in [3.63, 3.8) is 0 Å². The Kier molecular flexibility index (Phi) is 4.67. The van der Waals surface area contributed by atoms with Crippen molar-refractivity contribution in [2.45, 2.75) is 31.9 Å². The summed E-state index contributed by atoms with van der Waals surface area (Å²) in [5.41, 5.74) is 0. The fraction of sp³-hybridized carbons (Fsp3) is 0.667. The highest BCUT2D eigenvalue weighted by molar-refractivity contribution is 5.80. The largest absolute Gasteiger partial charge is 0.480 e. The number of nitrogens with zero attached hydrogens (tertiary/aromatic N) is 4. The average Bonchev–Trinajstić information content (AvgIpc) is 2.98. The summed E-state index contributed by atoms with van der Waals surface area (Å²) in [4.78, 5) is 28.3. The van der Waals surface area contributed by atoms with E-state index in [9.17, 15) is 9.59 Å². The molecular weight excluding hydrogens is 264 g/mol. The third kappa shape index (κ3) is 3.53. The van der Waals surface area contributed by atoms with Crippen LogP contribution in [0.5, 0.6) is 0 Å². The van der Waals surface area contributed by atoms with E-state index in [2.05, 4.69) is 10.1 Å². The molecule has 2 rings (SSSR count).